The van der Waals surface area contributed by atoms with E-state index in [0.29, 0.717) is 5.41 Å². The summed E-state index contributed by atoms with van der Waals surface area (Å²) in [5, 5.41) is 0. The summed E-state index contributed by atoms with van der Waals surface area (Å²) < 4.78 is 0. The Labute approximate surface area is 81.5 Å². The van der Waals surface area contributed by atoms with Crippen molar-refractivity contribution in [2.24, 2.45) is 17.1 Å². The Morgan fingerprint density at radius 2 is 2.23 bits per heavy atom. The van der Waals surface area contributed by atoms with E-state index in [1.165, 1.54) is 45.3 Å². The number of rotatable bonds is 4. The Morgan fingerprint density at radius 1 is 1.46 bits per heavy atom. The highest BCUT2D eigenvalue weighted by Gasteiger charge is 2.32. The molecule has 1 aliphatic carbocycles. The smallest absolute Gasteiger partial charge is 0.00479 e. The summed E-state index contributed by atoms with van der Waals surface area (Å²) in [6.07, 6.45) is 5.71. The maximum Gasteiger partial charge on any atom is 0.00479 e. The van der Waals surface area contributed by atoms with Crippen molar-refractivity contribution >= 4 is 0 Å². The zero-order valence-corrected chi connectivity index (χ0v) is 8.76. The third kappa shape index (κ3) is 2.44. The van der Waals surface area contributed by atoms with E-state index in [0.717, 1.165) is 12.5 Å². The highest BCUT2D eigenvalue weighted by Crippen LogP contribution is 2.34. The molecule has 0 aromatic carbocycles. The van der Waals surface area contributed by atoms with E-state index < -0.39 is 0 Å². The summed E-state index contributed by atoms with van der Waals surface area (Å²) in [5.41, 5.74) is 6.19. The lowest BCUT2D eigenvalue weighted by Crippen LogP contribution is -2.31. The fourth-order valence-corrected chi connectivity index (χ4v) is 2.26. The van der Waals surface area contributed by atoms with Crippen molar-refractivity contribution in [3.63, 3.8) is 0 Å². The first-order valence-electron chi connectivity index (χ1n) is 5.64. The molecule has 0 amide bonds. The summed E-state index contributed by atoms with van der Waals surface area (Å²) in [4.78, 5) is 2.60. The van der Waals surface area contributed by atoms with Crippen LogP contribution in [0.15, 0.2) is 0 Å². The zero-order valence-electron chi connectivity index (χ0n) is 8.76. The average Bonchev–Trinajstić information content (AvgIpc) is 2.88. The molecule has 0 spiro atoms. The third-order valence-electron chi connectivity index (χ3n) is 3.68. The minimum absolute atomic E-state index is 0.420. The van der Waals surface area contributed by atoms with Crippen molar-refractivity contribution < 1.29 is 0 Å². The van der Waals surface area contributed by atoms with Crippen LogP contribution in [0.4, 0.5) is 0 Å². The molecule has 2 fully saturated rings. The lowest BCUT2D eigenvalue weighted by atomic mass is 9.90. The number of likely N-dealkylation sites (tertiary alicyclic amines) is 1. The molecule has 2 N–H and O–H groups in total. The Bertz CT molecular complexity index is 177. The molecule has 13 heavy (non-hydrogen) atoms. The predicted octanol–water partition coefficient (Wildman–Crippen LogP) is 1.46. The van der Waals surface area contributed by atoms with Crippen LogP contribution >= 0.6 is 0 Å². The molecule has 0 aromatic rings. The lowest BCUT2D eigenvalue weighted by molar-refractivity contribution is 0.274. The fraction of sp³-hybridized carbons (Fsp3) is 1.00. The zero-order chi connectivity index (χ0) is 9.31. The highest BCUT2D eigenvalue weighted by atomic mass is 15.2. The number of hydrogen-bond acceptors (Lipinski definition) is 2. The van der Waals surface area contributed by atoms with E-state index >= 15 is 0 Å². The van der Waals surface area contributed by atoms with Crippen molar-refractivity contribution in [3.8, 4) is 0 Å². The highest BCUT2D eigenvalue weighted by molar-refractivity contribution is 4.87. The first-order chi connectivity index (χ1) is 6.22. The van der Waals surface area contributed by atoms with Gasteiger partial charge in [-0.15, -0.1) is 0 Å². The van der Waals surface area contributed by atoms with Gasteiger partial charge in [0.15, 0.2) is 0 Å². The maximum atomic E-state index is 5.77. The molecule has 2 aliphatic rings. The van der Waals surface area contributed by atoms with Gasteiger partial charge in [0.2, 0.25) is 0 Å². The van der Waals surface area contributed by atoms with Crippen molar-refractivity contribution in [1.82, 2.24) is 4.90 Å². The predicted molar refractivity (Wildman–Crippen MR) is 55.6 cm³/mol. The van der Waals surface area contributed by atoms with Gasteiger partial charge in [-0.05, 0) is 43.8 Å². The van der Waals surface area contributed by atoms with Gasteiger partial charge in [-0.2, -0.15) is 0 Å². The van der Waals surface area contributed by atoms with Crippen LogP contribution in [0.5, 0.6) is 0 Å². The Kier molecular flexibility index (Phi) is 2.61. The van der Waals surface area contributed by atoms with Crippen molar-refractivity contribution in [2.45, 2.75) is 32.6 Å². The van der Waals surface area contributed by atoms with Gasteiger partial charge in [0, 0.05) is 6.54 Å². The minimum Gasteiger partial charge on any atom is -0.330 e. The molecule has 1 aliphatic heterocycles. The number of nitrogens with two attached hydrogens (primary N) is 1. The molecule has 1 atom stereocenters. The van der Waals surface area contributed by atoms with Crippen LogP contribution in [0.25, 0.3) is 0 Å². The van der Waals surface area contributed by atoms with Gasteiger partial charge in [0.05, 0.1) is 0 Å². The summed E-state index contributed by atoms with van der Waals surface area (Å²) in [5.74, 6) is 1.07. The summed E-state index contributed by atoms with van der Waals surface area (Å²) in [6.45, 7) is 7.01. The van der Waals surface area contributed by atoms with Crippen molar-refractivity contribution in [3.05, 3.63) is 0 Å². The van der Waals surface area contributed by atoms with E-state index in [9.17, 15) is 0 Å². The van der Waals surface area contributed by atoms with E-state index in [-0.39, 0.29) is 0 Å². The van der Waals surface area contributed by atoms with E-state index in [2.05, 4.69) is 11.8 Å². The van der Waals surface area contributed by atoms with Gasteiger partial charge in [0.25, 0.3) is 0 Å². The molecular weight excluding hydrogens is 160 g/mol. The van der Waals surface area contributed by atoms with Gasteiger partial charge in [0.1, 0.15) is 0 Å². The molecule has 0 radical (unpaired) electrons. The largest absolute Gasteiger partial charge is 0.330 e. The Hall–Kier alpha value is -0.0800. The number of nitrogens with zero attached hydrogens (tertiary/aromatic N) is 1. The van der Waals surface area contributed by atoms with Gasteiger partial charge < -0.3 is 10.6 Å². The lowest BCUT2D eigenvalue weighted by Gasteiger charge is -2.22. The van der Waals surface area contributed by atoms with Crippen LogP contribution in [0, 0.1) is 11.3 Å². The molecule has 2 nitrogen and oxygen atoms in total. The standard InChI is InChI=1S/C11H22N2/c1-11(8-12)5-7-13(9-11)6-4-10-2-3-10/h10H,2-9,12H2,1H3. The molecule has 2 rings (SSSR count). The summed E-state index contributed by atoms with van der Waals surface area (Å²) in [6, 6.07) is 0. The third-order valence-corrected chi connectivity index (χ3v) is 3.68. The van der Waals surface area contributed by atoms with Gasteiger partial charge in [-0.1, -0.05) is 19.8 Å². The van der Waals surface area contributed by atoms with Gasteiger partial charge in [-0.3, -0.25) is 0 Å². The quantitative estimate of drug-likeness (QED) is 0.713. The van der Waals surface area contributed by atoms with E-state index in [4.69, 9.17) is 5.73 Å². The fourth-order valence-electron chi connectivity index (χ4n) is 2.26. The van der Waals surface area contributed by atoms with E-state index in [1.54, 1.807) is 0 Å². The SMILES string of the molecule is CC1(CN)CCN(CCC2CC2)C1. The summed E-state index contributed by atoms with van der Waals surface area (Å²) in [7, 11) is 0. The first kappa shape index (κ1) is 9.47. The second kappa shape index (κ2) is 3.58. The first-order valence-corrected chi connectivity index (χ1v) is 5.64. The molecule has 1 heterocycles. The molecule has 1 unspecified atom stereocenters. The van der Waals surface area contributed by atoms with Crippen LogP contribution in [-0.4, -0.2) is 31.1 Å². The molecule has 1 saturated heterocycles. The molecule has 2 heteroatoms. The topological polar surface area (TPSA) is 29.3 Å². The second-order valence-electron chi connectivity index (χ2n) is 5.27. The number of hydrogen-bond donors (Lipinski definition) is 1. The van der Waals surface area contributed by atoms with Crippen molar-refractivity contribution in [1.29, 1.82) is 0 Å². The Balaban J connectivity index is 1.70. The van der Waals surface area contributed by atoms with Gasteiger partial charge in [-0.25, -0.2) is 0 Å². The molecule has 76 valence electrons. The van der Waals surface area contributed by atoms with Crippen LogP contribution < -0.4 is 5.73 Å². The van der Waals surface area contributed by atoms with E-state index in [1.807, 2.05) is 0 Å². The minimum atomic E-state index is 0.420. The Morgan fingerprint density at radius 3 is 2.77 bits per heavy atom. The molecule has 1 saturated carbocycles. The normalized spacial score (nSPS) is 35.5. The van der Waals surface area contributed by atoms with Crippen LogP contribution in [-0.2, 0) is 0 Å². The monoisotopic (exact) mass is 182 g/mol. The maximum absolute atomic E-state index is 5.77. The van der Waals surface area contributed by atoms with Gasteiger partial charge >= 0.3 is 0 Å². The van der Waals surface area contributed by atoms with Crippen molar-refractivity contribution in [2.75, 3.05) is 26.2 Å². The van der Waals surface area contributed by atoms with Crippen LogP contribution in [0.1, 0.15) is 32.6 Å². The summed E-state index contributed by atoms with van der Waals surface area (Å²) >= 11 is 0. The van der Waals surface area contributed by atoms with Crippen LogP contribution in [0.2, 0.25) is 0 Å². The second-order valence-corrected chi connectivity index (χ2v) is 5.27. The molecular formula is C11H22N2. The molecule has 0 bridgehead atoms. The van der Waals surface area contributed by atoms with Crippen LogP contribution in [0.3, 0.4) is 0 Å². The average molecular weight is 182 g/mol. The molecule has 0 aromatic heterocycles.